The number of aromatic nitrogens is 4. The second kappa shape index (κ2) is 6.36. The molecule has 0 bridgehead atoms. The van der Waals surface area contributed by atoms with Crippen LogP contribution in [0.15, 0.2) is 22.8 Å². The highest BCUT2D eigenvalue weighted by Gasteiger charge is 2.09. The van der Waals surface area contributed by atoms with Crippen LogP contribution in [-0.2, 0) is 0 Å². The number of halogens is 2. The molecule has 0 aliphatic carbocycles. The molecular weight excluding hydrogens is 348 g/mol. The number of aromatic amines is 1. The Hall–Kier alpha value is -2.11. The van der Waals surface area contributed by atoms with Gasteiger partial charge in [-0.05, 0) is 33.3 Å². The number of anilines is 1. The van der Waals surface area contributed by atoms with Crippen LogP contribution in [-0.4, -0.2) is 27.7 Å². The van der Waals surface area contributed by atoms with Gasteiger partial charge in [0.1, 0.15) is 11.6 Å². The molecule has 0 amide bonds. The molecule has 2 aromatic rings. The molecule has 2 rings (SSSR count). The van der Waals surface area contributed by atoms with Crippen LogP contribution in [0.3, 0.4) is 0 Å². The van der Waals surface area contributed by atoms with Crippen molar-refractivity contribution in [2.75, 3.05) is 12.4 Å². The number of hydrogen-bond acceptors (Lipinski definition) is 6. The molecule has 102 valence electrons. The largest absolute Gasteiger partial charge is 0.494 e. The van der Waals surface area contributed by atoms with Crippen molar-refractivity contribution >= 4 is 38.8 Å². The molecule has 1 heterocycles. The first kappa shape index (κ1) is 14.3. The van der Waals surface area contributed by atoms with Crippen LogP contribution in [0.2, 0.25) is 5.02 Å². The SMILES string of the molecule is COc1c(Cl)cc(NC=C(C#N)c2nn[nH]n2)cc1Br. The van der Waals surface area contributed by atoms with E-state index in [0.29, 0.717) is 20.9 Å². The third kappa shape index (κ3) is 3.07. The first-order valence-corrected chi connectivity index (χ1v) is 6.46. The van der Waals surface area contributed by atoms with Gasteiger partial charge < -0.3 is 10.1 Å². The maximum absolute atomic E-state index is 9.03. The third-order valence-corrected chi connectivity index (χ3v) is 3.16. The lowest BCUT2D eigenvalue weighted by molar-refractivity contribution is 0.412. The van der Waals surface area contributed by atoms with Gasteiger partial charge in [-0.15, -0.1) is 10.2 Å². The highest BCUT2D eigenvalue weighted by Crippen LogP contribution is 2.35. The van der Waals surface area contributed by atoms with Gasteiger partial charge in [-0.3, -0.25) is 0 Å². The Morgan fingerprint density at radius 2 is 2.40 bits per heavy atom. The zero-order chi connectivity index (χ0) is 14.5. The number of nitrogens with one attached hydrogen (secondary N) is 2. The van der Waals surface area contributed by atoms with E-state index in [0.717, 1.165) is 0 Å². The number of tetrazole rings is 1. The van der Waals surface area contributed by atoms with Gasteiger partial charge >= 0.3 is 0 Å². The predicted molar refractivity (Wildman–Crippen MR) is 77.1 cm³/mol. The van der Waals surface area contributed by atoms with E-state index in [9.17, 15) is 0 Å². The maximum Gasteiger partial charge on any atom is 0.216 e. The fraction of sp³-hybridized carbons (Fsp3) is 0.0909. The Labute approximate surface area is 127 Å². The van der Waals surface area contributed by atoms with Crippen molar-refractivity contribution < 1.29 is 4.74 Å². The lowest BCUT2D eigenvalue weighted by Gasteiger charge is -2.08. The minimum Gasteiger partial charge on any atom is -0.494 e. The monoisotopic (exact) mass is 354 g/mol. The Bertz CT molecular complexity index is 656. The molecule has 7 nitrogen and oxygen atoms in total. The van der Waals surface area contributed by atoms with E-state index in [4.69, 9.17) is 21.6 Å². The number of ether oxygens (including phenoxy) is 1. The summed E-state index contributed by atoms with van der Waals surface area (Å²) in [5.41, 5.74) is 0.917. The van der Waals surface area contributed by atoms with Crippen LogP contribution < -0.4 is 10.1 Å². The average molecular weight is 356 g/mol. The quantitative estimate of drug-likeness (QED) is 0.818. The van der Waals surface area contributed by atoms with Crippen LogP contribution >= 0.6 is 27.5 Å². The molecule has 0 atom stereocenters. The standard InChI is InChI=1S/C11H8BrClN6O/c1-20-10-8(12)2-7(3-9(10)13)15-5-6(4-14)11-16-18-19-17-11/h2-3,5,15H,1H3,(H,16,17,18,19). The molecule has 0 spiro atoms. The van der Waals surface area contributed by atoms with E-state index in [1.807, 2.05) is 6.07 Å². The number of nitrogens with zero attached hydrogens (tertiary/aromatic N) is 4. The van der Waals surface area contributed by atoms with Crippen molar-refractivity contribution in [2.45, 2.75) is 0 Å². The molecule has 0 radical (unpaired) electrons. The molecule has 0 aliphatic heterocycles. The van der Waals surface area contributed by atoms with Gasteiger partial charge in [0.25, 0.3) is 0 Å². The zero-order valence-electron chi connectivity index (χ0n) is 10.2. The number of hydrogen-bond donors (Lipinski definition) is 2. The highest BCUT2D eigenvalue weighted by atomic mass is 79.9. The van der Waals surface area contributed by atoms with Crippen molar-refractivity contribution in [2.24, 2.45) is 0 Å². The fourth-order valence-corrected chi connectivity index (χ4v) is 2.45. The first-order chi connectivity index (χ1) is 9.65. The number of allylic oxidation sites excluding steroid dienone is 1. The van der Waals surface area contributed by atoms with E-state index >= 15 is 0 Å². The van der Waals surface area contributed by atoms with E-state index < -0.39 is 0 Å². The fourth-order valence-electron chi connectivity index (χ4n) is 1.42. The van der Waals surface area contributed by atoms with Gasteiger partial charge in [0, 0.05) is 11.9 Å². The summed E-state index contributed by atoms with van der Waals surface area (Å²) in [6, 6.07) is 5.41. The van der Waals surface area contributed by atoms with Gasteiger partial charge in [0.2, 0.25) is 5.82 Å². The number of rotatable bonds is 4. The van der Waals surface area contributed by atoms with E-state index in [-0.39, 0.29) is 11.4 Å². The molecule has 0 fully saturated rings. The molecule has 2 N–H and O–H groups in total. The molecule has 0 unspecified atom stereocenters. The van der Waals surface area contributed by atoms with Gasteiger partial charge in [-0.25, -0.2) is 0 Å². The van der Waals surface area contributed by atoms with E-state index in [1.165, 1.54) is 13.3 Å². The summed E-state index contributed by atoms with van der Waals surface area (Å²) in [6.45, 7) is 0. The van der Waals surface area contributed by atoms with Crippen LogP contribution in [0.5, 0.6) is 5.75 Å². The molecule has 0 aliphatic rings. The molecule has 1 aromatic carbocycles. The topological polar surface area (TPSA) is 99.5 Å². The first-order valence-electron chi connectivity index (χ1n) is 5.29. The summed E-state index contributed by atoms with van der Waals surface area (Å²) < 4.78 is 5.83. The zero-order valence-corrected chi connectivity index (χ0v) is 12.5. The van der Waals surface area contributed by atoms with Crippen molar-refractivity contribution in [1.29, 1.82) is 5.26 Å². The van der Waals surface area contributed by atoms with Crippen molar-refractivity contribution in [3.05, 3.63) is 33.7 Å². The Morgan fingerprint density at radius 1 is 1.60 bits per heavy atom. The number of methoxy groups -OCH3 is 1. The summed E-state index contributed by atoms with van der Waals surface area (Å²) in [5.74, 6) is 0.749. The second-order valence-electron chi connectivity index (χ2n) is 3.52. The summed E-state index contributed by atoms with van der Waals surface area (Å²) in [5, 5.41) is 25.5. The number of benzene rings is 1. The molecule has 20 heavy (non-hydrogen) atoms. The van der Waals surface area contributed by atoms with Crippen molar-refractivity contribution in [3.63, 3.8) is 0 Å². The summed E-state index contributed by atoms with van der Waals surface area (Å²) in [6.07, 6.45) is 1.47. The second-order valence-corrected chi connectivity index (χ2v) is 4.78. The molecule has 0 saturated heterocycles. The van der Waals surface area contributed by atoms with Gasteiger partial charge in [0.05, 0.1) is 16.6 Å². The van der Waals surface area contributed by atoms with Crippen LogP contribution in [0.25, 0.3) is 5.57 Å². The molecule has 0 saturated carbocycles. The summed E-state index contributed by atoms with van der Waals surface area (Å²) >= 11 is 9.41. The maximum atomic E-state index is 9.03. The third-order valence-electron chi connectivity index (χ3n) is 2.29. The smallest absolute Gasteiger partial charge is 0.216 e. The average Bonchev–Trinajstić information content (AvgIpc) is 2.93. The van der Waals surface area contributed by atoms with Gasteiger partial charge in [0.15, 0.2) is 5.75 Å². The van der Waals surface area contributed by atoms with Gasteiger partial charge in [-0.2, -0.15) is 10.5 Å². The number of H-pyrrole nitrogens is 1. The Kier molecular flexibility index (Phi) is 4.55. The molecule has 9 heteroatoms. The van der Waals surface area contributed by atoms with E-state index in [1.54, 1.807) is 12.1 Å². The van der Waals surface area contributed by atoms with E-state index in [2.05, 4.69) is 41.9 Å². The minimum absolute atomic E-state index is 0.207. The summed E-state index contributed by atoms with van der Waals surface area (Å²) in [7, 11) is 1.53. The number of nitriles is 1. The van der Waals surface area contributed by atoms with Crippen molar-refractivity contribution in [1.82, 2.24) is 20.6 Å². The predicted octanol–water partition coefficient (Wildman–Crippen LogP) is 2.60. The highest BCUT2D eigenvalue weighted by molar-refractivity contribution is 9.10. The normalized spacial score (nSPS) is 11.0. The van der Waals surface area contributed by atoms with Crippen LogP contribution in [0, 0.1) is 11.3 Å². The Balaban J connectivity index is 2.25. The van der Waals surface area contributed by atoms with Gasteiger partial charge in [-0.1, -0.05) is 11.6 Å². The van der Waals surface area contributed by atoms with Crippen LogP contribution in [0.1, 0.15) is 5.82 Å². The van der Waals surface area contributed by atoms with Crippen molar-refractivity contribution in [3.8, 4) is 11.8 Å². The Morgan fingerprint density at radius 3 is 2.95 bits per heavy atom. The minimum atomic E-state index is 0.207. The lowest BCUT2D eigenvalue weighted by Crippen LogP contribution is -1.94. The summed E-state index contributed by atoms with van der Waals surface area (Å²) in [4.78, 5) is 0. The van der Waals surface area contributed by atoms with Crippen LogP contribution in [0.4, 0.5) is 5.69 Å². The molecular formula is C11H8BrClN6O. The molecule has 1 aromatic heterocycles. The lowest BCUT2D eigenvalue weighted by atomic mass is 10.2.